The second-order valence-electron chi connectivity index (χ2n) is 4.42. The Balaban J connectivity index is 1.75. The average molecular weight is 180 g/mol. The molecule has 2 unspecified atom stereocenters. The zero-order valence-electron chi connectivity index (χ0n) is 6.80. The predicted molar refractivity (Wildman–Crippen MR) is 38.3 cm³/mol. The Morgan fingerprint density at radius 3 is 1.85 bits per heavy atom. The van der Waals surface area contributed by atoms with E-state index in [0.29, 0.717) is 18.3 Å². The van der Waals surface area contributed by atoms with Crippen LogP contribution in [0.1, 0.15) is 6.42 Å². The van der Waals surface area contributed by atoms with Gasteiger partial charge in [-0.05, 0) is 11.8 Å². The van der Waals surface area contributed by atoms with E-state index in [9.17, 15) is 9.59 Å². The molecule has 5 fully saturated rings. The molecule has 1 heterocycles. The van der Waals surface area contributed by atoms with Crippen LogP contribution in [-0.2, 0) is 19.4 Å². The molecule has 0 spiro atoms. The summed E-state index contributed by atoms with van der Waals surface area (Å²) in [6.45, 7) is 0. The van der Waals surface area contributed by atoms with Crippen molar-refractivity contribution in [1.82, 2.24) is 0 Å². The van der Waals surface area contributed by atoms with E-state index >= 15 is 0 Å². The van der Waals surface area contributed by atoms with E-state index in [0.717, 1.165) is 0 Å². The molecule has 13 heavy (non-hydrogen) atoms. The average Bonchev–Trinajstić information content (AvgIpc) is 2.91. The number of carbonyl (C=O) groups excluding carboxylic acids is 2. The SMILES string of the molecule is O=C1C2C3C(C(=O)[C@H]4C[C@@H]1OO4)C23. The molecule has 0 N–H and O–H groups in total. The van der Waals surface area contributed by atoms with Crippen molar-refractivity contribution in [3.63, 3.8) is 0 Å². The summed E-state index contributed by atoms with van der Waals surface area (Å²) in [7, 11) is 0. The molecule has 1 saturated heterocycles. The number of rotatable bonds is 0. The van der Waals surface area contributed by atoms with Crippen LogP contribution >= 0.6 is 0 Å². The zero-order chi connectivity index (χ0) is 8.74. The molecule has 0 aromatic carbocycles. The summed E-state index contributed by atoms with van der Waals surface area (Å²) in [4.78, 5) is 32.9. The summed E-state index contributed by atoms with van der Waals surface area (Å²) >= 11 is 0. The number of hydrogen-bond acceptors (Lipinski definition) is 4. The third-order valence-corrected chi connectivity index (χ3v) is 3.83. The van der Waals surface area contributed by atoms with Gasteiger partial charge in [0.25, 0.3) is 0 Å². The Kier molecular flexibility index (Phi) is 0.883. The summed E-state index contributed by atoms with van der Waals surface area (Å²) in [6, 6.07) is 0. The first kappa shape index (κ1) is 6.68. The highest BCUT2D eigenvalue weighted by Gasteiger charge is 2.80. The fourth-order valence-corrected chi connectivity index (χ4v) is 2.94. The molecule has 4 aliphatic carbocycles. The number of carbonyl (C=O) groups is 2. The van der Waals surface area contributed by atoms with Gasteiger partial charge in [-0.1, -0.05) is 0 Å². The van der Waals surface area contributed by atoms with Gasteiger partial charge in [0, 0.05) is 18.3 Å². The summed E-state index contributed by atoms with van der Waals surface area (Å²) < 4.78 is 0. The Labute approximate surface area is 74.1 Å². The quantitative estimate of drug-likeness (QED) is 0.481. The van der Waals surface area contributed by atoms with Crippen molar-refractivity contribution in [2.45, 2.75) is 18.6 Å². The Bertz CT molecular complexity index is 297. The molecule has 0 aromatic rings. The highest BCUT2D eigenvalue weighted by atomic mass is 17.2. The van der Waals surface area contributed by atoms with Crippen molar-refractivity contribution in [1.29, 1.82) is 0 Å². The molecule has 1 aliphatic heterocycles. The molecule has 4 heteroatoms. The van der Waals surface area contributed by atoms with E-state index in [-0.39, 0.29) is 23.4 Å². The van der Waals surface area contributed by atoms with Gasteiger partial charge in [0.2, 0.25) is 0 Å². The predicted octanol–water partition coefficient (Wildman–Crippen LogP) is -0.281. The summed E-state index contributed by atoms with van der Waals surface area (Å²) in [5, 5.41) is 0. The largest absolute Gasteiger partial charge is 0.296 e. The molecule has 0 aromatic heterocycles. The molecule has 5 aliphatic rings. The van der Waals surface area contributed by atoms with E-state index in [1.54, 1.807) is 0 Å². The second-order valence-corrected chi connectivity index (χ2v) is 4.42. The van der Waals surface area contributed by atoms with Gasteiger partial charge in [-0.25, -0.2) is 9.78 Å². The van der Waals surface area contributed by atoms with E-state index < -0.39 is 12.2 Å². The van der Waals surface area contributed by atoms with Crippen LogP contribution in [0.15, 0.2) is 0 Å². The summed E-state index contributed by atoms with van der Waals surface area (Å²) in [5.41, 5.74) is 0. The van der Waals surface area contributed by atoms with E-state index in [1.807, 2.05) is 0 Å². The van der Waals surface area contributed by atoms with E-state index in [2.05, 4.69) is 0 Å². The fourth-order valence-electron chi connectivity index (χ4n) is 2.94. The van der Waals surface area contributed by atoms with E-state index in [1.165, 1.54) is 0 Å². The number of Topliss-reactive ketones (excluding diaryl/α,β-unsaturated/α-hetero) is 2. The van der Waals surface area contributed by atoms with Crippen LogP contribution in [0.25, 0.3) is 0 Å². The maximum atomic E-state index is 11.6. The number of ketones is 2. The van der Waals surface area contributed by atoms with Crippen molar-refractivity contribution in [3.05, 3.63) is 0 Å². The molecule has 5 rings (SSSR count). The molecule has 0 radical (unpaired) electrons. The molecule has 4 bridgehead atoms. The molecule has 4 nitrogen and oxygen atoms in total. The smallest absolute Gasteiger partial charge is 0.168 e. The van der Waals surface area contributed by atoms with Crippen molar-refractivity contribution in [2.75, 3.05) is 0 Å². The van der Waals surface area contributed by atoms with Crippen LogP contribution in [0.2, 0.25) is 0 Å². The van der Waals surface area contributed by atoms with Gasteiger partial charge in [-0.15, -0.1) is 0 Å². The topological polar surface area (TPSA) is 52.6 Å². The molecule has 4 atom stereocenters. The first-order valence-electron chi connectivity index (χ1n) is 4.68. The minimum absolute atomic E-state index is 0.140. The standard InChI is InChI=1S/C9H8O4/c10-8-2-1-3(13-12-2)9(11)7-4-5(7)6(4)8/h2-7H,1H2/t2-,3+,4?,5?,6?,7?. The third kappa shape index (κ3) is 0.596. The van der Waals surface area contributed by atoms with E-state index in [4.69, 9.17) is 9.78 Å². The number of hydrogen-bond donors (Lipinski definition) is 0. The van der Waals surface area contributed by atoms with Gasteiger partial charge in [0.1, 0.15) is 0 Å². The third-order valence-electron chi connectivity index (χ3n) is 3.83. The summed E-state index contributed by atoms with van der Waals surface area (Å²) in [6.07, 6.45) is -0.454. The lowest BCUT2D eigenvalue weighted by atomic mass is 9.86. The maximum Gasteiger partial charge on any atom is 0.168 e. The van der Waals surface area contributed by atoms with Crippen LogP contribution in [0.3, 0.4) is 0 Å². The lowest BCUT2D eigenvalue weighted by molar-refractivity contribution is -0.285. The van der Waals surface area contributed by atoms with Crippen LogP contribution in [-0.4, -0.2) is 23.8 Å². The van der Waals surface area contributed by atoms with Gasteiger partial charge in [-0.2, -0.15) is 0 Å². The van der Waals surface area contributed by atoms with Gasteiger partial charge < -0.3 is 0 Å². The monoisotopic (exact) mass is 180 g/mol. The van der Waals surface area contributed by atoms with Crippen molar-refractivity contribution in [3.8, 4) is 0 Å². The van der Waals surface area contributed by atoms with Crippen molar-refractivity contribution >= 4 is 11.6 Å². The van der Waals surface area contributed by atoms with Crippen molar-refractivity contribution < 1.29 is 19.4 Å². The highest BCUT2D eigenvalue weighted by molar-refractivity contribution is 6.00. The first-order valence-corrected chi connectivity index (χ1v) is 4.68. The minimum atomic E-state index is -0.451. The van der Waals surface area contributed by atoms with Gasteiger partial charge in [0.05, 0.1) is 0 Å². The molecule has 68 valence electrons. The molecular formula is C9H8O4. The van der Waals surface area contributed by atoms with Crippen LogP contribution < -0.4 is 0 Å². The second kappa shape index (κ2) is 1.72. The molecule has 0 amide bonds. The lowest BCUT2D eigenvalue weighted by Crippen LogP contribution is -2.34. The molecule has 4 saturated carbocycles. The lowest BCUT2D eigenvalue weighted by Gasteiger charge is -2.15. The van der Waals surface area contributed by atoms with Gasteiger partial charge in [-0.3, -0.25) is 9.59 Å². The maximum absolute atomic E-state index is 11.6. The van der Waals surface area contributed by atoms with Gasteiger partial charge in [0.15, 0.2) is 23.8 Å². The first-order chi connectivity index (χ1) is 6.29. The highest BCUT2D eigenvalue weighted by Crippen LogP contribution is 2.75. The van der Waals surface area contributed by atoms with Crippen LogP contribution in [0, 0.1) is 23.7 Å². The van der Waals surface area contributed by atoms with Crippen LogP contribution in [0.4, 0.5) is 0 Å². The van der Waals surface area contributed by atoms with Crippen LogP contribution in [0.5, 0.6) is 0 Å². The fraction of sp³-hybridized carbons (Fsp3) is 0.778. The Hall–Kier alpha value is -0.740. The van der Waals surface area contributed by atoms with Gasteiger partial charge >= 0.3 is 0 Å². The zero-order valence-corrected chi connectivity index (χ0v) is 6.80. The minimum Gasteiger partial charge on any atom is -0.296 e. The summed E-state index contributed by atoms with van der Waals surface area (Å²) in [5.74, 6) is 1.36. The Morgan fingerprint density at radius 2 is 1.38 bits per heavy atom. The molecular weight excluding hydrogens is 172 g/mol. The van der Waals surface area contributed by atoms with Crippen molar-refractivity contribution in [2.24, 2.45) is 23.7 Å². The Morgan fingerprint density at radius 1 is 0.923 bits per heavy atom. The normalized spacial score (nSPS) is 61.2.